The molecule has 1 aromatic heterocycles. The summed E-state index contributed by atoms with van der Waals surface area (Å²) in [6.45, 7) is 6.77. The molecule has 5 nitrogen and oxygen atoms in total. The quantitative estimate of drug-likeness (QED) is 0.807. The lowest BCUT2D eigenvalue weighted by molar-refractivity contribution is -0.128. The summed E-state index contributed by atoms with van der Waals surface area (Å²) in [5.74, 6) is 1.29. The van der Waals surface area contributed by atoms with E-state index < -0.39 is 5.41 Å². The molecule has 1 aromatic rings. The molecule has 0 bridgehead atoms. The van der Waals surface area contributed by atoms with Crippen molar-refractivity contribution in [1.29, 1.82) is 0 Å². The Kier molecular flexibility index (Phi) is 4.95. The second kappa shape index (κ2) is 6.23. The number of nitrogens with one attached hydrogen (secondary N) is 2. The Labute approximate surface area is 108 Å². The van der Waals surface area contributed by atoms with E-state index in [9.17, 15) is 4.79 Å². The second-order valence-corrected chi connectivity index (χ2v) is 4.61. The maximum absolute atomic E-state index is 11.6. The van der Waals surface area contributed by atoms with Crippen molar-refractivity contribution in [3.05, 3.63) is 18.2 Å². The largest absolute Gasteiger partial charge is 0.478 e. The zero-order valence-corrected chi connectivity index (χ0v) is 11.4. The van der Waals surface area contributed by atoms with E-state index in [0.717, 1.165) is 0 Å². The summed E-state index contributed by atoms with van der Waals surface area (Å²) < 4.78 is 5.32. The third kappa shape index (κ3) is 3.91. The lowest BCUT2D eigenvalue weighted by Gasteiger charge is -2.23. The minimum Gasteiger partial charge on any atom is -0.478 e. The molecule has 0 unspecified atom stereocenters. The summed E-state index contributed by atoms with van der Waals surface area (Å²) in [7, 11) is 1.64. The maximum Gasteiger partial charge on any atom is 0.227 e. The molecular formula is C13H21N3O2. The Balaban J connectivity index is 2.63. The predicted molar refractivity (Wildman–Crippen MR) is 71.7 cm³/mol. The van der Waals surface area contributed by atoms with Gasteiger partial charge in [0, 0.05) is 19.7 Å². The lowest BCUT2D eigenvalue weighted by Crippen LogP contribution is -2.39. The van der Waals surface area contributed by atoms with Crippen molar-refractivity contribution < 1.29 is 9.53 Å². The number of rotatable bonds is 6. The Morgan fingerprint density at radius 2 is 2.17 bits per heavy atom. The predicted octanol–water partition coefficient (Wildman–Crippen LogP) is 1.66. The van der Waals surface area contributed by atoms with E-state index in [0.29, 0.717) is 24.8 Å². The smallest absolute Gasteiger partial charge is 0.227 e. The van der Waals surface area contributed by atoms with Gasteiger partial charge in [0.25, 0.3) is 0 Å². The van der Waals surface area contributed by atoms with Crippen LogP contribution in [0.3, 0.4) is 0 Å². The van der Waals surface area contributed by atoms with E-state index in [1.54, 1.807) is 13.1 Å². The van der Waals surface area contributed by atoms with Gasteiger partial charge in [0.2, 0.25) is 11.8 Å². The van der Waals surface area contributed by atoms with E-state index in [-0.39, 0.29) is 5.91 Å². The number of amides is 1. The molecule has 2 N–H and O–H groups in total. The molecule has 1 amide bonds. The molecular weight excluding hydrogens is 230 g/mol. The fourth-order valence-electron chi connectivity index (χ4n) is 1.47. The topological polar surface area (TPSA) is 63.2 Å². The maximum atomic E-state index is 11.6. The Hall–Kier alpha value is -1.78. The van der Waals surface area contributed by atoms with Crippen molar-refractivity contribution >= 4 is 11.7 Å². The van der Waals surface area contributed by atoms with Crippen LogP contribution in [0.2, 0.25) is 0 Å². The number of pyridine rings is 1. The van der Waals surface area contributed by atoms with Gasteiger partial charge in [0.1, 0.15) is 5.82 Å². The van der Waals surface area contributed by atoms with Gasteiger partial charge in [-0.15, -0.1) is 0 Å². The van der Waals surface area contributed by atoms with Gasteiger partial charge in [-0.05, 0) is 26.8 Å². The highest BCUT2D eigenvalue weighted by Crippen LogP contribution is 2.17. The highest BCUT2D eigenvalue weighted by molar-refractivity contribution is 5.82. The lowest BCUT2D eigenvalue weighted by atomic mass is 9.92. The number of carbonyl (C=O) groups is 1. The van der Waals surface area contributed by atoms with Gasteiger partial charge in [-0.1, -0.05) is 6.07 Å². The number of anilines is 1. The monoisotopic (exact) mass is 251 g/mol. The molecule has 0 aliphatic heterocycles. The van der Waals surface area contributed by atoms with E-state index in [1.165, 1.54) is 0 Å². The molecule has 1 rings (SSSR count). The van der Waals surface area contributed by atoms with Crippen molar-refractivity contribution in [2.45, 2.75) is 20.8 Å². The minimum absolute atomic E-state index is 0.00374. The van der Waals surface area contributed by atoms with Crippen LogP contribution in [0.1, 0.15) is 20.8 Å². The van der Waals surface area contributed by atoms with Crippen molar-refractivity contribution in [2.75, 3.05) is 25.5 Å². The molecule has 18 heavy (non-hydrogen) atoms. The van der Waals surface area contributed by atoms with E-state index in [4.69, 9.17) is 4.74 Å². The average Bonchev–Trinajstić information content (AvgIpc) is 2.36. The SMILES string of the molecule is CCOc1cccc(NCC(C)(C)C(=O)NC)n1. The molecule has 5 heteroatoms. The molecule has 100 valence electrons. The fraction of sp³-hybridized carbons (Fsp3) is 0.538. The first-order valence-corrected chi connectivity index (χ1v) is 6.05. The first kappa shape index (κ1) is 14.3. The summed E-state index contributed by atoms with van der Waals surface area (Å²) in [5.41, 5.74) is -0.488. The first-order chi connectivity index (χ1) is 8.49. The third-order valence-corrected chi connectivity index (χ3v) is 2.57. The van der Waals surface area contributed by atoms with Gasteiger partial charge in [-0.3, -0.25) is 4.79 Å². The number of hydrogen-bond acceptors (Lipinski definition) is 4. The highest BCUT2D eigenvalue weighted by Gasteiger charge is 2.26. The zero-order valence-electron chi connectivity index (χ0n) is 11.4. The minimum atomic E-state index is -0.488. The Bertz CT molecular complexity index is 405. The van der Waals surface area contributed by atoms with Crippen LogP contribution < -0.4 is 15.4 Å². The van der Waals surface area contributed by atoms with Crippen molar-refractivity contribution in [1.82, 2.24) is 10.3 Å². The van der Waals surface area contributed by atoms with E-state index in [1.807, 2.05) is 32.9 Å². The van der Waals surface area contributed by atoms with Crippen molar-refractivity contribution in [3.63, 3.8) is 0 Å². The van der Waals surface area contributed by atoms with Crippen LogP contribution in [-0.2, 0) is 4.79 Å². The van der Waals surface area contributed by atoms with Gasteiger partial charge >= 0.3 is 0 Å². The molecule has 0 atom stereocenters. The van der Waals surface area contributed by atoms with Crippen molar-refractivity contribution in [2.24, 2.45) is 5.41 Å². The Morgan fingerprint density at radius 3 is 2.78 bits per heavy atom. The molecule has 0 fully saturated rings. The van der Waals surface area contributed by atoms with Gasteiger partial charge in [-0.2, -0.15) is 4.98 Å². The molecule has 0 saturated heterocycles. The van der Waals surface area contributed by atoms with Gasteiger partial charge in [-0.25, -0.2) is 0 Å². The molecule has 0 aromatic carbocycles. The summed E-state index contributed by atoms with van der Waals surface area (Å²) in [4.78, 5) is 15.9. The van der Waals surface area contributed by atoms with Crippen LogP contribution in [0.25, 0.3) is 0 Å². The molecule has 1 heterocycles. The van der Waals surface area contributed by atoms with Gasteiger partial charge in [0.15, 0.2) is 0 Å². The Morgan fingerprint density at radius 1 is 1.44 bits per heavy atom. The summed E-state index contributed by atoms with van der Waals surface area (Å²) in [6, 6.07) is 5.52. The van der Waals surface area contributed by atoms with Crippen molar-refractivity contribution in [3.8, 4) is 5.88 Å². The van der Waals surface area contributed by atoms with Gasteiger partial charge < -0.3 is 15.4 Å². The molecule has 0 saturated carbocycles. The normalized spacial score (nSPS) is 10.9. The second-order valence-electron chi connectivity index (χ2n) is 4.61. The molecule has 0 aliphatic carbocycles. The van der Waals surface area contributed by atoms with Crippen LogP contribution in [-0.4, -0.2) is 31.1 Å². The van der Waals surface area contributed by atoms with Crippen LogP contribution in [0.4, 0.5) is 5.82 Å². The van der Waals surface area contributed by atoms with Crippen LogP contribution >= 0.6 is 0 Å². The van der Waals surface area contributed by atoms with E-state index in [2.05, 4.69) is 15.6 Å². The standard InChI is InChI=1S/C13H21N3O2/c1-5-18-11-8-6-7-10(16-11)15-9-13(2,3)12(17)14-4/h6-8H,5,9H2,1-4H3,(H,14,17)(H,15,16). The molecule has 0 aliphatic rings. The fourth-order valence-corrected chi connectivity index (χ4v) is 1.47. The van der Waals surface area contributed by atoms with Crippen LogP contribution in [0.15, 0.2) is 18.2 Å². The number of carbonyl (C=O) groups excluding carboxylic acids is 1. The number of aromatic nitrogens is 1. The summed E-state index contributed by atoms with van der Waals surface area (Å²) >= 11 is 0. The third-order valence-electron chi connectivity index (χ3n) is 2.57. The summed E-state index contributed by atoms with van der Waals surface area (Å²) in [6.07, 6.45) is 0. The van der Waals surface area contributed by atoms with Crippen LogP contribution in [0, 0.1) is 5.41 Å². The number of nitrogens with zero attached hydrogens (tertiary/aromatic N) is 1. The van der Waals surface area contributed by atoms with Crippen LogP contribution in [0.5, 0.6) is 5.88 Å². The van der Waals surface area contributed by atoms with E-state index >= 15 is 0 Å². The highest BCUT2D eigenvalue weighted by atomic mass is 16.5. The molecule has 0 spiro atoms. The molecule has 0 radical (unpaired) electrons. The average molecular weight is 251 g/mol. The first-order valence-electron chi connectivity index (χ1n) is 6.05. The number of ether oxygens (including phenoxy) is 1. The zero-order chi connectivity index (χ0) is 13.6. The van der Waals surface area contributed by atoms with Gasteiger partial charge in [0.05, 0.1) is 12.0 Å². The number of hydrogen-bond donors (Lipinski definition) is 2. The summed E-state index contributed by atoms with van der Waals surface area (Å²) in [5, 5.41) is 5.80.